The molecule has 172 valence electrons. The fraction of sp³-hybridized carbons (Fsp3) is 0.0357. The number of H-pyrrole nitrogens is 1. The number of carbonyl (C=O) groups excluding carboxylic acids is 2. The van der Waals surface area contributed by atoms with Crippen molar-refractivity contribution < 1.29 is 9.59 Å². The van der Waals surface area contributed by atoms with Crippen LogP contribution in [0.1, 0.15) is 37.5 Å². The predicted octanol–water partition coefficient (Wildman–Crippen LogP) is 6.99. The molecule has 0 atom stereocenters. The highest BCUT2D eigenvalue weighted by Crippen LogP contribution is 2.26. The number of anilines is 3. The lowest BCUT2D eigenvalue weighted by Crippen LogP contribution is -2.10. The lowest BCUT2D eigenvalue weighted by molar-refractivity contribution is 0.101. The minimum Gasteiger partial charge on any atom is -0.355 e. The Labute approximate surface area is 206 Å². The second-order valence-electron chi connectivity index (χ2n) is 7.99. The zero-order valence-corrected chi connectivity index (χ0v) is 19.7. The van der Waals surface area contributed by atoms with Gasteiger partial charge in [-0.3, -0.25) is 14.7 Å². The number of Topliss-reactive ketones (excluding diaryl/α,β-unsaturated/α-hetero) is 1. The smallest absolute Gasteiger partial charge is 0.265 e. The zero-order valence-electron chi connectivity index (χ0n) is 18.9. The van der Waals surface area contributed by atoms with Gasteiger partial charge in [0.2, 0.25) is 0 Å². The molecule has 35 heavy (non-hydrogen) atoms. The van der Waals surface area contributed by atoms with Gasteiger partial charge < -0.3 is 10.6 Å². The van der Waals surface area contributed by atoms with Crippen LogP contribution in [0.15, 0.2) is 84.9 Å². The SMILES string of the molecule is CC(=O)c1ccc(C(=O)Nc2cccc(Nc3ccc4c(/C=C/c5ccccc5)n[nH]c4c3)c2)s1. The van der Waals surface area contributed by atoms with Gasteiger partial charge in [-0.1, -0.05) is 42.5 Å². The molecule has 2 heterocycles. The third-order valence-corrected chi connectivity index (χ3v) is 6.60. The number of nitrogens with zero attached hydrogens (tertiary/aromatic N) is 1. The molecule has 3 N–H and O–H groups in total. The predicted molar refractivity (Wildman–Crippen MR) is 143 cm³/mol. The summed E-state index contributed by atoms with van der Waals surface area (Å²) in [4.78, 5) is 25.1. The highest BCUT2D eigenvalue weighted by Gasteiger charge is 2.12. The van der Waals surface area contributed by atoms with Crippen molar-refractivity contribution in [1.29, 1.82) is 0 Å². The van der Waals surface area contributed by atoms with Crippen molar-refractivity contribution in [3.63, 3.8) is 0 Å². The van der Waals surface area contributed by atoms with Gasteiger partial charge in [-0.15, -0.1) is 11.3 Å². The molecule has 0 aliphatic heterocycles. The topological polar surface area (TPSA) is 86.9 Å². The highest BCUT2D eigenvalue weighted by atomic mass is 32.1. The molecule has 0 spiro atoms. The summed E-state index contributed by atoms with van der Waals surface area (Å²) in [5.74, 6) is -0.288. The highest BCUT2D eigenvalue weighted by molar-refractivity contribution is 7.16. The van der Waals surface area contributed by atoms with Gasteiger partial charge in [0, 0.05) is 22.4 Å². The van der Waals surface area contributed by atoms with Gasteiger partial charge in [0.1, 0.15) is 0 Å². The number of benzene rings is 3. The first-order chi connectivity index (χ1) is 17.0. The maximum absolute atomic E-state index is 12.6. The standard InChI is InChI=1S/C28H22N4O2S/c1-18(33)26-14-15-27(35-26)28(34)30-21-9-5-8-20(16-21)29-22-11-12-23-24(31-32-25(23)17-22)13-10-19-6-3-2-4-7-19/h2-17,29H,1H3,(H,30,34)(H,31,32)/b13-10+. The normalized spacial score (nSPS) is 11.1. The Bertz CT molecular complexity index is 1550. The van der Waals surface area contributed by atoms with E-state index in [2.05, 4.69) is 20.8 Å². The summed E-state index contributed by atoms with van der Waals surface area (Å²) in [5.41, 5.74) is 5.31. The largest absolute Gasteiger partial charge is 0.355 e. The average molecular weight is 479 g/mol. The summed E-state index contributed by atoms with van der Waals surface area (Å²) in [6.07, 6.45) is 4.04. The number of aromatic amines is 1. The van der Waals surface area contributed by atoms with Crippen LogP contribution in [0.2, 0.25) is 0 Å². The Morgan fingerprint density at radius 3 is 2.40 bits per heavy atom. The molecule has 0 saturated carbocycles. The van der Waals surface area contributed by atoms with Crippen LogP contribution in [0.3, 0.4) is 0 Å². The van der Waals surface area contributed by atoms with E-state index in [1.807, 2.05) is 84.9 Å². The fourth-order valence-electron chi connectivity index (χ4n) is 3.67. The summed E-state index contributed by atoms with van der Waals surface area (Å²) >= 11 is 1.19. The van der Waals surface area contributed by atoms with Crippen LogP contribution in [-0.4, -0.2) is 21.9 Å². The summed E-state index contributed by atoms with van der Waals surface area (Å²) < 4.78 is 0. The van der Waals surface area contributed by atoms with E-state index in [-0.39, 0.29) is 11.7 Å². The number of hydrogen-bond acceptors (Lipinski definition) is 5. The van der Waals surface area contributed by atoms with Crippen molar-refractivity contribution >= 4 is 63.1 Å². The molecule has 5 aromatic rings. The van der Waals surface area contributed by atoms with Crippen LogP contribution in [-0.2, 0) is 0 Å². The van der Waals surface area contributed by atoms with E-state index in [1.165, 1.54) is 18.3 Å². The number of amides is 1. The third-order valence-electron chi connectivity index (χ3n) is 5.41. The molecule has 6 nitrogen and oxygen atoms in total. The van der Waals surface area contributed by atoms with Crippen molar-refractivity contribution in [2.24, 2.45) is 0 Å². The molecule has 0 bridgehead atoms. The zero-order chi connectivity index (χ0) is 24.2. The van der Waals surface area contributed by atoms with E-state index in [0.29, 0.717) is 15.4 Å². The van der Waals surface area contributed by atoms with Crippen molar-refractivity contribution in [3.8, 4) is 0 Å². The third kappa shape index (κ3) is 5.20. The molecule has 5 rings (SSSR count). The quantitative estimate of drug-likeness (QED) is 0.220. The molecule has 0 fully saturated rings. The molecule has 0 saturated heterocycles. The van der Waals surface area contributed by atoms with E-state index in [0.717, 1.165) is 33.5 Å². The molecule has 2 aromatic heterocycles. The maximum Gasteiger partial charge on any atom is 0.265 e. The lowest BCUT2D eigenvalue weighted by atomic mass is 10.1. The maximum atomic E-state index is 12.6. The van der Waals surface area contributed by atoms with Crippen molar-refractivity contribution in [2.45, 2.75) is 6.92 Å². The van der Waals surface area contributed by atoms with E-state index >= 15 is 0 Å². The Balaban J connectivity index is 1.29. The molecular formula is C28H22N4O2S. The summed E-state index contributed by atoms with van der Waals surface area (Å²) in [6.45, 7) is 1.49. The van der Waals surface area contributed by atoms with Gasteiger partial charge in [0.15, 0.2) is 5.78 Å². The van der Waals surface area contributed by atoms with Crippen molar-refractivity contribution in [1.82, 2.24) is 10.2 Å². The van der Waals surface area contributed by atoms with Crippen molar-refractivity contribution in [2.75, 3.05) is 10.6 Å². The van der Waals surface area contributed by atoms with Crippen molar-refractivity contribution in [3.05, 3.63) is 106 Å². The summed E-state index contributed by atoms with van der Waals surface area (Å²) in [7, 11) is 0. The van der Waals surface area contributed by atoms with E-state index in [4.69, 9.17) is 0 Å². The first-order valence-electron chi connectivity index (χ1n) is 11.1. The number of hydrogen-bond donors (Lipinski definition) is 3. The van der Waals surface area contributed by atoms with Gasteiger partial charge in [-0.2, -0.15) is 5.10 Å². The van der Waals surface area contributed by atoms with Crippen LogP contribution in [0.5, 0.6) is 0 Å². The van der Waals surface area contributed by atoms with E-state index < -0.39 is 0 Å². The lowest BCUT2D eigenvalue weighted by Gasteiger charge is -2.09. The van der Waals surface area contributed by atoms with Gasteiger partial charge >= 0.3 is 0 Å². The Morgan fingerprint density at radius 1 is 0.829 bits per heavy atom. The van der Waals surface area contributed by atoms with Gasteiger partial charge in [0.25, 0.3) is 5.91 Å². The molecule has 3 aromatic carbocycles. The number of thiophene rings is 1. The fourth-order valence-corrected chi connectivity index (χ4v) is 4.46. The average Bonchev–Trinajstić information content (AvgIpc) is 3.51. The Morgan fingerprint density at radius 2 is 1.60 bits per heavy atom. The monoisotopic (exact) mass is 478 g/mol. The molecular weight excluding hydrogens is 456 g/mol. The van der Waals surface area contributed by atoms with E-state index in [9.17, 15) is 9.59 Å². The second-order valence-corrected chi connectivity index (χ2v) is 9.08. The van der Waals surface area contributed by atoms with Crippen LogP contribution in [0.25, 0.3) is 23.1 Å². The van der Waals surface area contributed by atoms with Crippen LogP contribution in [0.4, 0.5) is 17.1 Å². The minimum atomic E-state index is -0.241. The first-order valence-corrected chi connectivity index (χ1v) is 11.9. The molecule has 0 radical (unpaired) electrons. The van der Waals surface area contributed by atoms with E-state index in [1.54, 1.807) is 12.1 Å². The number of rotatable bonds is 7. The second kappa shape index (κ2) is 9.79. The summed E-state index contributed by atoms with van der Waals surface area (Å²) in [6, 6.07) is 27.0. The number of ketones is 1. The Hall–Kier alpha value is -4.49. The Kier molecular flexibility index (Phi) is 6.24. The number of aromatic nitrogens is 2. The molecule has 1 amide bonds. The van der Waals surface area contributed by atoms with Crippen LogP contribution < -0.4 is 10.6 Å². The number of nitrogens with one attached hydrogen (secondary N) is 3. The van der Waals surface area contributed by atoms with Gasteiger partial charge in [-0.05, 0) is 67.1 Å². The number of carbonyl (C=O) groups is 2. The summed E-state index contributed by atoms with van der Waals surface area (Å²) in [5, 5.41) is 14.8. The molecule has 0 aliphatic rings. The molecule has 0 aliphatic carbocycles. The number of fused-ring (bicyclic) bond motifs is 1. The van der Waals surface area contributed by atoms with Gasteiger partial charge in [-0.25, -0.2) is 0 Å². The molecule has 7 heteroatoms. The van der Waals surface area contributed by atoms with Gasteiger partial charge in [0.05, 0.1) is 21.0 Å². The van der Waals surface area contributed by atoms with Crippen LogP contribution >= 0.6 is 11.3 Å². The minimum absolute atomic E-state index is 0.0474. The van der Waals surface area contributed by atoms with Crippen LogP contribution in [0, 0.1) is 0 Å². The first kappa shape index (κ1) is 22.3. The molecule has 0 unspecified atom stereocenters.